The van der Waals surface area contributed by atoms with Crippen LogP contribution in [0.15, 0.2) is 23.5 Å². The Balaban J connectivity index is 1.26. The Bertz CT molecular complexity index is 901. The monoisotopic (exact) mass is 462 g/mol. The van der Waals surface area contributed by atoms with Crippen LogP contribution in [0.4, 0.5) is 0 Å². The summed E-state index contributed by atoms with van der Waals surface area (Å²) in [5.41, 5.74) is 1.90. The highest BCUT2D eigenvalue weighted by molar-refractivity contribution is 5.35. The van der Waals surface area contributed by atoms with Gasteiger partial charge >= 0.3 is 0 Å². The number of allylic oxidation sites excluding steroid dienone is 4. The molecular weight excluding hydrogens is 416 g/mol. The van der Waals surface area contributed by atoms with Crippen LogP contribution in [0.1, 0.15) is 112 Å². The van der Waals surface area contributed by atoms with Crippen molar-refractivity contribution in [1.82, 2.24) is 0 Å². The number of rotatable bonds is 7. The fraction of sp³-hybridized carbons (Fsp3) is 0.750. The van der Waals surface area contributed by atoms with Gasteiger partial charge in [-0.3, -0.25) is 0 Å². The lowest BCUT2D eigenvalue weighted by atomic mass is 9.76. The van der Waals surface area contributed by atoms with Gasteiger partial charge in [0.25, 0.3) is 0 Å². The number of hydrogen-bond donors (Lipinski definition) is 0. The van der Waals surface area contributed by atoms with Crippen LogP contribution < -0.4 is 0 Å². The van der Waals surface area contributed by atoms with Gasteiger partial charge < -0.3 is 9.47 Å². The van der Waals surface area contributed by atoms with Gasteiger partial charge in [-0.05, 0) is 93.5 Å². The van der Waals surface area contributed by atoms with E-state index in [1.54, 1.807) is 5.57 Å². The molecule has 0 spiro atoms. The van der Waals surface area contributed by atoms with Gasteiger partial charge in [0.1, 0.15) is 5.60 Å². The maximum Gasteiger partial charge on any atom is 0.167 e. The highest BCUT2D eigenvalue weighted by atomic mass is 16.6. The van der Waals surface area contributed by atoms with E-state index in [1.165, 1.54) is 57.8 Å². The summed E-state index contributed by atoms with van der Waals surface area (Å²) in [6, 6.07) is 0. The van der Waals surface area contributed by atoms with Crippen molar-refractivity contribution in [3.63, 3.8) is 0 Å². The van der Waals surface area contributed by atoms with Gasteiger partial charge in [-0.1, -0.05) is 70.4 Å². The van der Waals surface area contributed by atoms with E-state index in [1.807, 2.05) is 0 Å². The van der Waals surface area contributed by atoms with Crippen molar-refractivity contribution in [1.29, 1.82) is 0 Å². The average Bonchev–Trinajstić information content (AvgIpc) is 3.66. The van der Waals surface area contributed by atoms with Crippen LogP contribution in [0.5, 0.6) is 0 Å². The molecule has 4 rings (SSSR count). The van der Waals surface area contributed by atoms with Gasteiger partial charge in [-0.15, -0.1) is 0 Å². The minimum absolute atomic E-state index is 0.112. The van der Waals surface area contributed by atoms with Crippen molar-refractivity contribution in [2.24, 2.45) is 23.2 Å². The Kier molecular flexibility index (Phi) is 8.20. The molecule has 0 N–H and O–H groups in total. The van der Waals surface area contributed by atoms with E-state index >= 15 is 0 Å². The summed E-state index contributed by atoms with van der Waals surface area (Å²) in [4.78, 5) is 0. The number of hydrogen-bond acceptors (Lipinski definition) is 2. The highest BCUT2D eigenvalue weighted by Gasteiger charge is 2.56. The quantitative estimate of drug-likeness (QED) is 0.165. The largest absolute Gasteiger partial charge is 0.479 e. The molecule has 1 saturated carbocycles. The fourth-order valence-electron chi connectivity index (χ4n) is 6.38. The van der Waals surface area contributed by atoms with Crippen molar-refractivity contribution in [3.8, 4) is 23.7 Å². The van der Waals surface area contributed by atoms with Gasteiger partial charge in [-0.25, -0.2) is 0 Å². The molecule has 0 unspecified atom stereocenters. The fourth-order valence-corrected chi connectivity index (χ4v) is 6.38. The lowest BCUT2D eigenvalue weighted by molar-refractivity contribution is -0.0503. The molecule has 2 heterocycles. The third kappa shape index (κ3) is 6.32. The molecule has 186 valence electrons. The van der Waals surface area contributed by atoms with E-state index in [-0.39, 0.29) is 5.60 Å². The smallest absolute Gasteiger partial charge is 0.167 e. The molecule has 2 fully saturated rings. The zero-order valence-electron chi connectivity index (χ0n) is 22.3. The number of unbranched alkanes of at least 4 members (excludes halogenated alkanes) is 4. The molecule has 0 bridgehead atoms. The molecular formula is C32H46O2. The van der Waals surface area contributed by atoms with E-state index in [9.17, 15) is 0 Å². The van der Waals surface area contributed by atoms with Gasteiger partial charge in [0.2, 0.25) is 0 Å². The summed E-state index contributed by atoms with van der Waals surface area (Å²) in [5, 5.41) is 0. The molecule has 2 aliphatic heterocycles. The Morgan fingerprint density at radius 2 is 1.85 bits per heavy atom. The van der Waals surface area contributed by atoms with Gasteiger partial charge in [0.15, 0.2) is 5.76 Å². The maximum atomic E-state index is 6.58. The second-order valence-corrected chi connectivity index (χ2v) is 12.1. The molecule has 0 aromatic carbocycles. The first-order chi connectivity index (χ1) is 16.3. The van der Waals surface area contributed by atoms with Crippen LogP contribution >= 0.6 is 0 Å². The molecule has 2 heteroatoms. The Morgan fingerprint density at radius 1 is 1.03 bits per heavy atom. The molecule has 6 atom stereocenters. The van der Waals surface area contributed by atoms with E-state index in [2.05, 4.69) is 70.5 Å². The van der Waals surface area contributed by atoms with E-state index < -0.39 is 0 Å². The van der Waals surface area contributed by atoms with Crippen LogP contribution in [-0.2, 0) is 9.47 Å². The lowest BCUT2D eigenvalue weighted by Crippen LogP contribution is -2.40. The number of fused-ring (bicyclic) bond motifs is 2. The van der Waals surface area contributed by atoms with Crippen LogP contribution in [0, 0.1) is 46.9 Å². The van der Waals surface area contributed by atoms with E-state index in [0.717, 1.165) is 36.9 Å². The predicted molar refractivity (Wildman–Crippen MR) is 141 cm³/mol. The molecule has 0 aromatic heterocycles. The number of ether oxygens (including phenoxy) is 2. The van der Waals surface area contributed by atoms with Crippen molar-refractivity contribution >= 4 is 0 Å². The van der Waals surface area contributed by atoms with Crippen molar-refractivity contribution in [3.05, 3.63) is 23.5 Å². The standard InChI is InChI=1S/C32H46O2/c1-6-7-8-9-12-15-29-30(33-29)16-13-10-11-14-26-20-19-25-18-17-24(2)23-28-27(31(28,3)4)21-22-32(25,5)34-26/h20,23,25,27-30H,6-9,12,15-19,21-22H2,1-5H3/b24-23+/t25-,27-,28+,29-,30+,32+/m1/s1. The minimum atomic E-state index is -0.112. The second kappa shape index (κ2) is 11.0. The van der Waals surface area contributed by atoms with Gasteiger partial charge in [0.05, 0.1) is 12.2 Å². The summed E-state index contributed by atoms with van der Waals surface area (Å²) in [7, 11) is 0. The SMILES string of the molecule is CCCCCCC[C@H]1O[C@H]1CC#CC#CC1=CC[C@H]2CC/C(C)=C/[C@H]3[C@@H](CC[C@]2(C)O1)C3(C)C. The minimum Gasteiger partial charge on any atom is -0.479 e. The first kappa shape index (κ1) is 25.5. The third-order valence-electron chi connectivity index (χ3n) is 9.16. The molecule has 4 aliphatic rings. The van der Waals surface area contributed by atoms with Crippen molar-refractivity contribution < 1.29 is 9.47 Å². The predicted octanol–water partition coefficient (Wildman–Crippen LogP) is 7.98. The second-order valence-electron chi connectivity index (χ2n) is 12.1. The Labute approximate surface area is 209 Å². The van der Waals surface area contributed by atoms with Crippen LogP contribution in [0.3, 0.4) is 0 Å². The maximum absolute atomic E-state index is 6.58. The van der Waals surface area contributed by atoms with Crippen molar-refractivity contribution in [2.45, 2.75) is 129 Å². The Morgan fingerprint density at radius 3 is 2.68 bits per heavy atom. The summed E-state index contributed by atoms with van der Waals surface area (Å²) in [5.74, 6) is 15.5. The van der Waals surface area contributed by atoms with Crippen LogP contribution in [0.25, 0.3) is 0 Å². The average molecular weight is 463 g/mol. The normalized spacial score (nSPS) is 37.0. The molecule has 2 nitrogen and oxygen atoms in total. The van der Waals surface area contributed by atoms with Crippen molar-refractivity contribution in [2.75, 3.05) is 0 Å². The lowest BCUT2D eigenvalue weighted by Gasteiger charge is -2.41. The zero-order chi connectivity index (χ0) is 24.2. The molecule has 0 amide bonds. The van der Waals surface area contributed by atoms with Crippen LogP contribution in [-0.4, -0.2) is 17.8 Å². The summed E-state index contributed by atoms with van der Waals surface area (Å²) in [6.45, 7) is 11.8. The first-order valence-corrected chi connectivity index (χ1v) is 14.0. The number of epoxide rings is 1. The molecule has 0 aromatic rings. The molecule has 0 radical (unpaired) electrons. The summed E-state index contributed by atoms with van der Waals surface area (Å²) < 4.78 is 12.4. The Hall–Kier alpha value is -1.64. The van der Waals surface area contributed by atoms with Gasteiger partial charge in [0, 0.05) is 12.3 Å². The van der Waals surface area contributed by atoms with E-state index in [4.69, 9.17) is 9.47 Å². The van der Waals surface area contributed by atoms with E-state index in [0.29, 0.717) is 23.5 Å². The van der Waals surface area contributed by atoms with Crippen LogP contribution in [0.2, 0.25) is 0 Å². The highest BCUT2D eigenvalue weighted by Crippen LogP contribution is 2.62. The summed E-state index contributed by atoms with van der Waals surface area (Å²) in [6.07, 6.45) is 20.0. The third-order valence-corrected chi connectivity index (χ3v) is 9.16. The summed E-state index contributed by atoms with van der Waals surface area (Å²) >= 11 is 0. The topological polar surface area (TPSA) is 21.8 Å². The molecule has 2 aliphatic carbocycles. The molecule has 1 saturated heterocycles. The molecule has 34 heavy (non-hydrogen) atoms. The zero-order valence-corrected chi connectivity index (χ0v) is 22.3. The van der Waals surface area contributed by atoms with Gasteiger partial charge in [-0.2, -0.15) is 0 Å². The first-order valence-electron chi connectivity index (χ1n) is 14.0.